The first-order valence-electron chi connectivity index (χ1n) is 5.13. The van der Waals surface area contributed by atoms with Gasteiger partial charge in [-0.05, 0) is 49.4 Å². The Labute approximate surface area is 88.7 Å². The molecule has 0 bridgehead atoms. The molecule has 3 nitrogen and oxygen atoms in total. The van der Waals surface area contributed by atoms with Gasteiger partial charge in [0.05, 0.1) is 12.2 Å². The molecule has 0 aliphatic heterocycles. The second-order valence-electron chi connectivity index (χ2n) is 4.04. The quantitative estimate of drug-likeness (QED) is 0.823. The van der Waals surface area contributed by atoms with E-state index in [2.05, 4.69) is 0 Å². The van der Waals surface area contributed by atoms with Gasteiger partial charge in [0.15, 0.2) is 0 Å². The summed E-state index contributed by atoms with van der Waals surface area (Å²) in [5, 5.41) is 8.84. The zero-order valence-electron chi connectivity index (χ0n) is 8.69. The van der Waals surface area contributed by atoms with Gasteiger partial charge in [0.1, 0.15) is 5.75 Å². The number of carbonyl (C=O) groups is 1. The number of ether oxygens (including phenoxy) is 1. The SMILES string of the molecule is Cc1cc(OCC2CC2)ccc1C(=O)O. The van der Waals surface area contributed by atoms with Crippen LogP contribution in [0.3, 0.4) is 0 Å². The normalized spacial score (nSPS) is 15.0. The van der Waals surface area contributed by atoms with E-state index >= 15 is 0 Å². The van der Waals surface area contributed by atoms with Gasteiger partial charge in [0.2, 0.25) is 0 Å². The van der Waals surface area contributed by atoms with Crippen LogP contribution in [-0.4, -0.2) is 17.7 Å². The smallest absolute Gasteiger partial charge is 0.335 e. The maximum atomic E-state index is 10.8. The molecule has 1 aliphatic carbocycles. The molecule has 0 aromatic heterocycles. The van der Waals surface area contributed by atoms with Crippen molar-refractivity contribution >= 4 is 5.97 Å². The Balaban J connectivity index is 2.06. The first-order chi connectivity index (χ1) is 7.16. The number of rotatable bonds is 4. The average Bonchev–Trinajstić information content (AvgIpc) is 2.97. The highest BCUT2D eigenvalue weighted by molar-refractivity contribution is 5.89. The van der Waals surface area contributed by atoms with Crippen LogP contribution >= 0.6 is 0 Å². The molecular formula is C12H14O3. The van der Waals surface area contributed by atoms with Crippen molar-refractivity contribution in [1.82, 2.24) is 0 Å². The van der Waals surface area contributed by atoms with Gasteiger partial charge >= 0.3 is 5.97 Å². The maximum absolute atomic E-state index is 10.8. The van der Waals surface area contributed by atoms with Crippen LogP contribution in [0, 0.1) is 12.8 Å². The molecule has 1 aromatic rings. The molecular weight excluding hydrogens is 192 g/mol. The van der Waals surface area contributed by atoms with E-state index in [1.807, 2.05) is 0 Å². The van der Waals surface area contributed by atoms with Crippen molar-refractivity contribution in [3.8, 4) is 5.75 Å². The van der Waals surface area contributed by atoms with E-state index in [1.54, 1.807) is 25.1 Å². The van der Waals surface area contributed by atoms with Crippen LogP contribution in [0.4, 0.5) is 0 Å². The van der Waals surface area contributed by atoms with Gasteiger partial charge in [-0.3, -0.25) is 0 Å². The molecule has 0 radical (unpaired) electrons. The van der Waals surface area contributed by atoms with Crippen LogP contribution in [-0.2, 0) is 0 Å². The zero-order chi connectivity index (χ0) is 10.8. The summed E-state index contributed by atoms with van der Waals surface area (Å²) in [5.74, 6) is 0.593. The minimum absolute atomic E-state index is 0.341. The Morgan fingerprint density at radius 1 is 1.53 bits per heavy atom. The second kappa shape index (κ2) is 3.93. The third-order valence-electron chi connectivity index (χ3n) is 2.61. The molecule has 1 saturated carbocycles. The minimum atomic E-state index is -0.888. The molecule has 0 unspecified atom stereocenters. The molecule has 0 saturated heterocycles. The zero-order valence-corrected chi connectivity index (χ0v) is 8.69. The van der Waals surface area contributed by atoms with Crippen LogP contribution in [0.5, 0.6) is 5.75 Å². The minimum Gasteiger partial charge on any atom is -0.493 e. The van der Waals surface area contributed by atoms with Crippen LogP contribution < -0.4 is 4.74 Å². The number of hydrogen-bond donors (Lipinski definition) is 1. The molecule has 1 aromatic carbocycles. The van der Waals surface area contributed by atoms with E-state index in [0.717, 1.165) is 17.9 Å². The van der Waals surface area contributed by atoms with Crippen molar-refractivity contribution in [3.63, 3.8) is 0 Å². The van der Waals surface area contributed by atoms with Crippen LogP contribution in [0.15, 0.2) is 18.2 Å². The van der Waals surface area contributed by atoms with E-state index in [-0.39, 0.29) is 0 Å². The van der Waals surface area contributed by atoms with Crippen molar-refractivity contribution < 1.29 is 14.6 Å². The lowest BCUT2D eigenvalue weighted by molar-refractivity contribution is 0.0696. The molecule has 15 heavy (non-hydrogen) atoms. The largest absolute Gasteiger partial charge is 0.493 e. The van der Waals surface area contributed by atoms with Gasteiger partial charge < -0.3 is 9.84 Å². The number of aryl methyl sites for hydroxylation is 1. The molecule has 1 fully saturated rings. The Morgan fingerprint density at radius 2 is 2.27 bits per heavy atom. The fourth-order valence-corrected chi connectivity index (χ4v) is 1.46. The second-order valence-corrected chi connectivity index (χ2v) is 4.04. The van der Waals surface area contributed by atoms with Crippen molar-refractivity contribution in [3.05, 3.63) is 29.3 Å². The van der Waals surface area contributed by atoms with E-state index in [9.17, 15) is 4.79 Å². The van der Waals surface area contributed by atoms with E-state index in [4.69, 9.17) is 9.84 Å². The average molecular weight is 206 g/mol. The first-order valence-corrected chi connectivity index (χ1v) is 5.13. The Morgan fingerprint density at radius 3 is 2.80 bits per heavy atom. The van der Waals surface area contributed by atoms with Gasteiger partial charge in [-0.25, -0.2) is 4.79 Å². The summed E-state index contributed by atoms with van der Waals surface area (Å²) in [4.78, 5) is 10.8. The highest BCUT2D eigenvalue weighted by atomic mass is 16.5. The number of carboxylic acids is 1. The predicted molar refractivity (Wildman–Crippen MR) is 56.4 cm³/mol. The standard InChI is InChI=1S/C12H14O3/c1-8-6-10(15-7-9-2-3-9)4-5-11(8)12(13)14/h4-6,9H,2-3,7H2,1H3,(H,13,14). The first kappa shape index (κ1) is 10.0. The van der Waals surface area contributed by atoms with Crippen LogP contribution in [0.1, 0.15) is 28.8 Å². The summed E-state index contributed by atoms with van der Waals surface area (Å²) in [7, 11) is 0. The van der Waals surface area contributed by atoms with Gasteiger partial charge in [0, 0.05) is 0 Å². The van der Waals surface area contributed by atoms with E-state index in [1.165, 1.54) is 12.8 Å². The highest BCUT2D eigenvalue weighted by Crippen LogP contribution is 2.29. The number of aromatic carboxylic acids is 1. The van der Waals surface area contributed by atoms with Gasteiger partial charge in [0.25, 0.3) is 0 Å². The number of carboxylic acid groups (broad SMARTS) is 1. The Kier molecular flexibility index (Phi) is 2.62. The molecule has 2 rings (SSSR count). The maximum Gasteiger partial charge on any atom is 0.335 e. The molecule has 0 spiro atoms. The fourth-order valence-electron chi connectivity index (χ4n) is 1.46. The Hall–Kier alpha value is -1.51. The number of benzene rings is 1. The van der Waals surface area contributed by atoms with Gasteiger partial charge in [-0.2, -0.15) is 0 Å². The molecule has 3 heteroatoms. The highest BCUT2D eigenvalue weighted by Gasteiger charge is 2.22. The van der Waals surface area contributed by atoms with E-state index < -0.39 is 5.97 Å². The Bertz CT molecular complexity index is 380. The third kappa shape index (κ3) is 2.49. The summed E-state index contributed by atoms with van der Waals surface area (Å²) in [5.41, 5.74) is 1.09. The summed E-state index contributed by atoms with van der Waals surface area (Å²) in [6, 6.07) is 5.10. The lowest BCUT2D eigenvalue weighted by atomic mass is 10.1. The van der Waals surface area contributed by atoms with Gasteiger partial charge in [-0.15, -0.1) is 0 Å². The molecule has 1 aliphatic rings. The molecule has 80 valence electrons. The summed E-state index contributed by atoms with van der Waals surface area (Å²) in [6.45, 7) is 2.54. The number of hydrogen-bond acceptors (Lipinski definition) is 2. The lowest BCUT2D eigenvalue weighted by Crippen LogP contribution is -2.02. The molecule has 0 heterocycles. The van der Waals surface area contributed by atoms with E-state index in [0.29, 0.717) is 11.5 Å². The predicted octanol–water partition coefficient (Wildman–Crippen LogP) is 2.48. The topological polar surface area (TPSA) is 46.5 Å². The lowest BCUT2D eigenvalue weighted by Gasteiger charge is -2.07. The fraction of sp³-hybridized carbons (Fsp3) is 0.417. The molecule has 0 atom stereocenters. The summed E-state index contributed by atoms with van der Waals surface area (Å²) in [6.07, 6.45) is 2.51. The van der Waals surface area contributed by atoms with Crippen molar-refractivity contribution in [2.45, 2.75) is 19.8 Å². The van der Waals surface area contributed by atoms with Crippen LogP contribution in [0.25, 0.3) is 0 Å². The molecule has 0 amide bonds. The van der Waals surface area contributed by atoms with Crippen molar-refractivity contribution in [2.24, 2.45) is 5.92 Å². The van der Waals surface area contributed by atoms with Gasteiger partial charge in [-0.1, -0.05) is 0 Å². The third-order valence-corrected chi connectivity index (χ3v) is 2.61. The monoisotopic (exact) mass is 206 g/mol. The molecule has 1 N–H and O–H groups in total. The summed E-state index contributed by atoms with van der Waals surface area (Å²) < 4.78 is 5.55. The van der Waals surface area contributed by atoms with Crippen molar-refractivity contribution in [1.29, 1.82) is 0 Å². The summed E-state index contributed by atoms with van der Waals surface area (Å²) >= 11 is 0. The van der Waals surface area contributed by atoms with Crippen molar-refractivity contribution in [2.75, 3.05) is 6.61 Å². The van der Waals surface area contributed by atoms with Crippen LogP contribution in [0.2, 0.25) is 0 Å².